The quantitative estimate of drug-likeness (QED) is 0.871. The Morgan fingerprint density at radius 1 is 1.35 bits per heavy atom. The molecule has 2 N–H and O–H groups in total. The van der Waals surface area contributed by atoms with Gasteiger partial charge in [0, 0.05) is 24.7 Å². The van der Waals surface area contributed by atoms with Gasteiger partial charge in [-0.3, -0.25) is 4.79 Å². The first-order valence-electron chi connectivity index (χ1n) is 6.67. The SMILES string of the molecule is NCCN(C(=O)c1ccc(OC(F)F)cc1)C1CCC1. The summed E-state index contributed by atoms with van der Waals surface area (Å²) in [4.78, 5) is 14.2. The molecule has 1 aliphatic carbocycles. The number of benzene rings is 1. The summed E-state index contributed by atoms with van der Waals surface area (Å²) in [5, 5.41) is 0. The molecule has 20 heavy (non-hydrogen) atoms. The van der Waals surface area contributed by atoms with E-state index in [-0.39, 0.29) is 17.7 Å². The van der Waals surface area contributed by atoms with E-state index in [1.54, 1.807) is 4.90 Å². The van der Waals surface area contributed by atoms with Gasteiger partial charge in [0.05, 0.1) is 0 Å². The number of hydrogen-bond donors (Lipinski definition) is 1. The third-order valence-electron chi connectivity index (χ3n) is 3.47. The number of ether oxygens (including phenoxy) is 1. The first-order chi connectivity index (χ1) is 9.61. The highest BCUT2D eigenvalue weighted by Gasteiger charge is 2.28. The molecule has 1 aliphatic rings. The molecule has 0 radical (unpaired) electrons. The molecule has 1 saturated carbocycles. The summed E-state index contributed by atoms with van der Waals surface area (Å²) in [7, 11) is 0. The number of carbonyl (C=O) groups is 1. The van der Waals surface area contributed by atoms with E-state index >= 15 is 0 Å². The Morgan fingerprint density at radius 2 is 2.00 bits per heavy atom. The molecule has 0 unspecified atom stereocenters. The van der Waals surface area contributed by atoms with Crippen molar-refractivity contribution in [2.45, 2.75) is 31.9 Å². The number of alkyl halides is 2. The summed E-state index contributed by atoms with van der Waals surface area (Å²) >= 11 is 0. The molecule has 1 fully saturated rings. The van der Waals surface area contributed by atoms with Crippen LogP contribution in [0.15, 0.2) is 24.3 Å². The number of nitrogens with zero attached hydrogens (tertiary/aromatic N) is 1. The number of amides is 1. The van der Waals surface area contributed by atoms with Crippen LogP contribution in [-0.4, -0.2) is 36.5 Å². The molecule has 2 rings (SSSR count). The molecular formula is C14H18F2N2O2. The van der Waals surface area contributed by atoms with Crippen LogP contribution in [0.4, 0.5) is 8.78 Å². The third kappa shape index (κ3) is 3.45. The van der Waals surface area contributed by atoms with Crippen LogP contribution >= 0.6 is 0 Å². The van der Waals surface area contributed by atoms with Gasteiger partial charge in [0.15, 0.2) is 0 Å². The van der Waals surface area contributed by atoms with Gasteiger partial charge in [0.25, 0.3) is 5.91 Å². The Hall–Kier alpha value is -1.69. The molecule has 0 spiro atoms. The summed E-state index contributed by atoms with van der Waals surface area (Å²) < 4.78 is 28.4. The Morgan fingerprint density at radius 3 is 2.45 bits per heavy atom. The normalized spacial score (nSPS) is 15.0. The number of rotatable bonds is 6. The van der Waals surface area contributed by atoms with Gasteiger partial charge < -0.3 is 15.4 Å². The lowest BCUT2D eigenvalue weighted by atomic mass is 9.91. The van der Waals surface area contributed by atoms with E-state index in [4.69, 9.17) is 5.73 Å². The van der Waals surface area contributed by atoms with E-state index in [1.165, 1.54) is 24.3 Å². The van der Waals surface area contributed by atoms with E-state index in [1.807, 2.05) is 0 Å². The molecule has 0 bridgehead atoms. The minimum Gasteiger partial charge on any atom is -0.435 e. The third-order valence-corrected chi connectivity index (χ3v) is 3.47. The van der Waals surface area contributed by atoms with Crippen LogP contribution in [0, 0.1) is 0 Å². The summed E-state index contributed by atoms with van der Waals surface area (Å²) in [5.41, 5.74) is 6.01. The van der Waals surface area contributed by atoms with Gasteiger partial charge in [0.1, 0.15) is 5.75 Å². The maximum atomic E-state index is 12.4. The van der Waals surface area contributed by atoms with E-state index in [0.29, 0.717) is 18.7 Å². The highest BCUT2D eigenvalue weighted by atomic mass is 19.3. The van der Waals surface area contributed by atoms with Crippen LogP contribution in [0.1, 0.15) is 29.6 Å². The monoisotopic (exact) mass is 284 g/mol. The lowest BCUT2D eigenvalue weighted by molar-refractivity contribution is -0.0498. The molecule has 4 nitrogen and oxygen atoms in total. The Balaban J connectivity index is 2.06. The van der Waals surface area contributed by atoms with Crippen LogP contribution in [-0.2, 0) is 0 Å². The summed E-state index contributed by atoms with van der Waals surface area (Å²) in [6.45, 7) is -1.94. The van der Waals surface area contributed by atoms with Crippen molar-refractivity contribution in [2.24, 2.45) is 5.73 Å². The molecule has 6 heteroatoms. The van der Waals surface area contributed by atoms with Crippen molar-refractivity contribution < 1.29 is 18.3 Å². The van der Waals surface area contributed by atoms with E-state index in [9.17, 15) is 13.6 Å². The van der Waals surface area contributed by atoms with Crippen LogP contribution in [0.5, 0.6) is 5.75 Å². The van der Waals surface area contributed by atoms with Gasteiger partial charge >= 0.3 is 6.61 Å². The largest absolute Gasteiger partial charge is 0.435 e. The maximum Gasteiger partial charge on any atom is 0.387 e. The van der Waals surface area contributed by atoms with Crippen molar-refractivity contribution >= 4 is 5.91 Å². The minimum atomic E-state index is -2.86. The lowest BCUT2D eigenvalue weighted by Crippen LogP contribution is -2.46. The predicted octanol–water partition coefficient (Wildman–Crippen LogP) is 2.24. The fourth-order valence-electron chi connectivity index (χ4n) is 2.23. The Labute approximate surface area is 116 Å². The van der Waals surface area contributed by atoms with Gasteiger partial charge in [-0.2, -0.15) is 8.78 Å². The van der Waals surface area contributed by atoms with E-state index in [2.05, 4.69) is 4.74 Å². The average Bonchev–Trinajstić information content (AvgIpc) is 2.35. The highest BCUT2D eigenvalue weighted by molar-refractivity contribution is 5.94. The summed E-state index contributed by atoms with van der Waals surface area (Å²) in [6, 6.07) is 6.01. The zero-order valence-electron chi connectivity index (χ0n) is 11.1. The van der Waals surface area contributed by atoms with Crippen molar-refractivity contribution in [3.63, 3.8) is 0 Å². The predicted molar refractivity (Wildman–Crippen MR) is 70.8 cm³/mol. The number of halogens is 2. The molecule has 0 aliphatic heterocycles. The molecule has 0 heterocycles. The van der Waals surface area contributed by atoms with Crippen LogP contribution < -0.4 is 10.5 Å². The van der Waals surface area contributed by atoms with Gasteiger partial charge in [0.2, 0.25) is 0 Å². The zero-order valence-corrected chi connectivity index (χ0v) is 11.1. The first kappa shape index (κ1) is 14.7. The van der Waals surface area contributed by atoms with Crippen molar-refractivity contribution in [1.82, 2.24) is 4.90 Å². The van der Waals surface area contributed by atoms with Crippen LogP contribution in [0.3, 0.4) is 0 Å². The minimum absolute atomic E-state index is 0.0468. The van der Waals surface area contributed by atoms with Gasteiger partial charge in [-0.15, -0.1) is 0 Å². The number of hydrogen-bond acceptors (Lipinski definition) is 3. The van der Waals surface area contributed by atoms with Crippen LogP contribution in [0.2, 0.25) is 0 Å². The van der Waals surface area contributed by atoms with E-state index < -0.39 is 6.61 Å². The molecular weight excluding hydrogens is 266 g/mol. The summed E-state index contributed by atoms with van der Waals surface area (Å²) in [6.07, 6.45) is 3.12. The zero-order chi connectivity index (χ0) is 14.5. The average molecular weight is 284 g/mol. The van der Waals surface area contributed by atoms with Crippen LogP contribution in [0.25, 0.3) is 0 Å². The maximum absolute atomic E-state index is 12.4. The van der Waals surface area contributed by atoms with E-state index in [0.717, 1.165) is 19.3 Å². The molecule has 1 aromatic carbocycles. The Kier molecular flexibility index (Phi) is 4.89. The summed E-state index contributed by atoms with van der Waals surface area (Å²) in [5.74, 6) is -0.0608. The molecule has 0 saturated heterocycles. The first-order valence-corrected chi connectivity index (χ1v) is 6.67. The number of nitrogens with two attached hydrogens (primary N) is 1. The van der Waals surface area contributed by atoms with Crippen molar-refractivity contribution in [2.75, 3.05) is 13.1 Å². The van der Waals surface area contributed by atoms with Gasteiger partial charge in [-0.05, 0) is 43.5 Å². The molecule has 0 aromatic heterocycles. The second-order valence-electron chi connectivity index (χ2n) is 4.77. The second-order valence-corrected chi connectivity index (χ2v) is 4.77. The fourth-order valence-corrected chi connectivity index (χ4v) is 2.23. The van der Waals surface area contributed by atoms with Crippen molar-refractivity contribution in [1.29, 1.82) is 0 Å². The van der Waals surface area contributed by atoms with Crippen molar-refractivity contribution in [3.05, 3.63) is 29.8 Å². The molecule has 110 valence electrons. The fraction of sp³-hybridized carbons (Fsp3) is 0.500. The standard InChI is InChI=1S/C14H18F2N2O2/c15-14(16)20-12-6-4-10(5-7-12)13(19)18(9-8-17)11-2-1-3-11/h4-7,11,14H,1-3,8-9,17H2. The second kappa shape index (κ2) is 6.65. The molecule has 0 atom stereocenters. The topological polar surface area (TPSA) is 55.6 Å². The Bertz CT molecular complexity index is 447. The highest BCUT2D eigenvalue weighted by Crippen LogP contribution is 2.26. The molecule has 1 aromatic rings. The smallest absolute Gasteiger partial charge is 0.387 e. The number of carbonyl (C=O) groups excluding carboxylic acids is 1. The molecule has 1 amide bonds. The van der Waals surface area contributed by atoms with Gasteiger partial charge in [-0.25, -0.2) is 0 Å². The van der Waals surface area contributed by atoms with Crippen molar-refractivity contribution in [3.8, 4) is 5.75 Å². The lowest BCUT2D eigenvalue weighted by Gasteiger charge is -2.37. The van der Waals surface area contributed by atoms with Gasteiger partial charge in [-0.1, -0.05) is 0 Å².